The highest BCUT2D eigenvalue weighted by Gasteiger charge is 2.46. The maximum absolute atomic E-state index is 3.96. The van der Waals surface area contributed by atoms with E-state index in [1.165, 1.54) is 19.4 Å². The molecule has 2 saturated heterocycles. The van der Waals surface area contributed by atoms with E-state index in [1.54, 1.807) is 0 Å². The Balaban J connectivity index is 2.06. The maximum atomic E-state index is 3.96. The van der Waals surface area contributed by atoms with Crippen molar-refractivity contribution in [1.29, 1.82) is 0 Å². The lowest BCUT2D eigenvalue weighted by molar-refractivity contribution is 0.563. The van der Waals surface area contributed by atoms with Crippen LogP contribution >= 0.6 is 0 Å². The molecule has 39 valence electrons. The van der Waals surface area contributed by atoms with Gasteiger partial charge in [-0.05, 0) is 26.3 Å². The van der Waals surface area contributed by atoms with Crippen LogP contribution in [0.1, 0.15) is 12.8 Å². The van der Waals surface area contributed by atoms with Crippen LogP contribution in [0.5, 0.6) is 0 Å². The molecule has 1 heteroatoms. The first kappa shape index (κ1) is 3.90. The maximum Gasteiger partial charge on any atom is 0.0255 e. The third-order valence-electron chi connectivity index (χ3n) is 2.12. The Bertz CT molecular complexity index is 80.2. The van der Waals surface area contributed by atoms with Gasteiger partial charge in [-0.2, -0.15) is 0 Å². The van der Waals surface area contributed by atoms with Gasteiger partial charge in [0.25, 0.3) is 0 Å². The van der Waals surface area contributed by atoms with E-state index < -0.39 is 0 Å². The summed E-state index contributed by atoms with van der Waals surface area (Å²) in [5, 5.41) is 0. The fourth-order valence-corrected chi connectivity index (χ4v) is 1.57. The Labute approximate surface area is 44.3 Å². The number of piperidine rings is 1. The van der Waals surface area contributed by atoms with Crippen LogP contribution in [-0.4, -0.2) is 23.5 Å². The van der Waals surface area contributed by atoms with E-state index in [1.807, 2.05) is 0 Å². The van der Waals surface area contributed by atoms with E-state index >= 15 is 0 Å². The second-order valence-corrected chi connectivity index (χ2v) is 2.51. The Hall–Kier alpha value is -0.0400. The van der Waals surface area contributed by atoms with Gasteiger partial charge in [0.05, 0.1) is 0 Å². The molecule has 7 heavy (non-hydrogen) atoms. The molecule has 0 aliphatic carbocycles. The third kappa shape index (κ3) is 0.367. The second-order valence-electron chi connectivity index (χ2n) is 2.51. The molecular weight excluding hydrogens is 86.1 g/mol. The number of hydrogen-bond donors (Lipinski definition) is 0. The van der Waals surface area contributed by atoms with Crippen molar-refractivity contribution < 1.29 is 0 Å². The highest BCUT2D eigenvalue weighted by Crippen LogP contribution is 2.36. The fraction of sp³-hybridized carbons (Fsp3) is 0.833. The van der Waals surface area contributed by atoms with Gasteiger partial charge in [0.1, 0.15) is 0 Å². The van der Waals surface area contributed by atoms with Crippen LogP contribution in [0.3, 0.4) is 0 Å². The SMILES string of the molecule is [CH2]C1C2CCCN12. The molecule has 3 unspecified atom stereocenters. The van der Waals surface area contributed by atoms with Crippen molar-refractivity contribution in [3.63, 3.8) is 0 Å². The molecule has 2 fully saturated rings. The summed E-state index contributed by atoms with van der Waals surface area (Å²) in [5.41, 5.74) is 0. The first-order valence-corrected chi connectivity index (χ1v) is 2.98. The molecule has 0 N–H and O–H groups in total. The largest absolute Gasteiger partial charge is 0.294 e. The van der Waals surface area contributed by atoms with Crippen molar-refractivity contribution >= 4 is 0 Å². The molecule has 0 aromatic carbocycles. The second kappa shape index (κ2) is 1.03. The summed E-state index contributed by atoms with van der Waals surface area (Å²) in [7, 11) is 0. The zero-order valence-electron chi connectivity index (χ0n) is 4.43. The lowest BCUT2D eigenvalue weighted by Crippen LogP contribution is -1.97. The molecule has 0 bridgehead atoms. The summed E-state index contributed by atoms with van der Waals surface area (Å²) in [6, 6.07) is 1.61. The molecule has 2 aliphatic rings. The van der Waals surface area contributed by atoms with Crippen LogP contribution < -0.4 is 0 Å². The first-order chi connectivity index (χ1) is 3.39. The fourth-order valence-electron chi connectivity index (χ4n) is 1.57. The van der Waals surface area contributed by atoms with Crippen LogP contribution in [-0.2, 0) is 0 Å². The van der Waals surface area contributed by atoms with Crippen LogP contribution in [0, 0.1) is 6.92 Å². The molecule has 0 aromatic rings. The summed E-state index contributed by atoms with van der Waals surface area (Å²) in [6.45, 7) is 5.28. The van der Waals surface area contributed by atoms with E-state index in [0.29, 0.717) is 6.04 Å². The van der Waals surface area contributed by atoms with E-state index in [0.717, 1.165) is 6.04 Å². The topological polar surface area (TPSA) is 3.01 Å². The van der Waals surface area contributed by atoms with Gasteiger partial charge in [-0.3, -0.25) is 4.90 Å². The van der Waals surface area contributed by atoms with Gasteiger partial charge in [0.2, 0.25) is 0 Å². The van der Waals surface area contributed by atoms with Gasteiger partial charge < -0.3 is 0 Å². The summed E-state index contributed by atoms with van der Waals surface area (Å²) >= 11 is 0. The lowest BCUT2D eigenvalue weighted by Gasteiger charge is -1.90. The number of fused-ring (bicyclic) bond motifs is 1. The van der Waals surface area contributed by atoms with Crippen molar-refractivity contribution in [3.05, 3.63) is 6.92 Å². The Kier molecular flexibility index (Phi) is 0.571. The summed E-state index contributed by atoms with van der Waals surface area (Å²) in [6.07, 6.45) is 2.82. The van der Waals surface area contributed by atoms with Crippen molar-refractivity contribution in [2.75, 3.05) is 6.54 Å². The molecule has 1 nitrogen and oxygen atoms in total. The van der Waals surface area contributed by atoms with Crippen LogP contribution in [0.4, 0.5) is 0 Å². The Morgan fingerprint density at radius 2 is 2.43 bits per heavy atom. The molecule has 2 heterocycles. The predicted octanol–water partition coefficient (Wildman–Crippen LogP) is 0.667. The predicted molar refractivity (Wildman–Crippen MR) is 28.9 cm³/mol. The highest BCUT2D eigenvalue weighted by molar-refractivity contribution is 5.07. The molecule has 0 amide bonds. The summed E-state index contributed by atoms with van der Waals surface area (Å²) in [4.78, 5) is 2.46. The molecule has 2 rings (SSSR count). The van der Waals surface area contributed by atoms with Crippen molar-refractivity contribution in [3.8, 4) is 0 Å². The minimum Gasteiger partial charge on any atom is -0.294 e. The van der Waals surface area contributed by atoms with Gasteiger partial charge in [-0.15, -0.1) is 0 Å². The smallest absolute Gasteiger partial charge is 0.0255 e. The van der Waals surface area contributed by atoms with E-state index in [-0.39, 0.29) is 0 Å². The zero-order valence-corrected chi connectivity index (χ0v) is 4.43. The minimum absolute atomic E-state index is 0.703. The first-order valence-electron chi connectivity index (χ1n) is 2.98. The molecule has 1 radical (unpaired) electrons. The van der Waals surface area contributed by atoms with E-state index in [4.69, 9.17) is 0 Å². The van der Waals surface area contributed by atoms with Crippen LogP contribution in [0.25, 0.3) is 0 Å². The Morgan fingerprint density at radius 3 is 2.71 bits per heavy atom. The van der Waals surface area contributed by atoms with Crippen molar-refractivity contribution in [2.24, 2.45) is 0 Å². The van der Waals surface area contributed by atoms with Crippen molar-refractivity contribution in [1.82, 2.24) is 4.90 Å². The number of rotatable bonds is 0. The molecule has 3 atom stereocenters. The highest BCUT2D eigenvalue weighted by atomic mass is 15.4. The zero-order chi connectivity index (χ0) is 4.85. The number of hydrogen-bond acceptors (Lipinski definition) is 1. The van der Waals surface area contributed by atoms with Crippen molar-refractivity contribution in [2.45, 2.75) is 24.9 Å². The molecular formula is C6H10N. The average Bonchev–Trinajstić information content (AvgIpc) is 2.26. The standard InChI is InChI=1S/C6H10N/c1-5-6-3-2-4-7(5)6/h5-6H,1-4H2. The van der Waals surface area contributed by atoms with Gasteiger partial charge in [0.15, 0.2) is 0 Å². The van der Waals surface area contributed by atoms with E-state index in [2.05, 4.69) is 11.8 Å². The molecule has 0 spiro atoms. The monoisotopic (exact) mass is 96.1 g/mol. The normalized spacial score (nSPS) is 57.0. The molecule has 0 saturated carbocycles. The number of nitrogens with zero attached hydrogens (tertiary/aromatic N) is 1. The summed E-state index contributed by atoms with van der Waals surface area (Å²) < 4.78 is 0. The molecule has 0 aromatic heterocycles. The van der Waals surface area contributed by atoms with Gasteiger partial charge >= 0.3 is 0 Å². The average molecular weight is 96.2 g/mol. The quantitative estimate of drug-likeness (QED) is 0.400. The van der Waals surface area contributed by atoms with Crippen LogP contribution in [0.2, 0.25) is 0 Å². The van der Waals surface area contributed by atoms with Gasteiger partial charge in [-0.1, -0.05) is 0 Å². The van der Waals surface area contributed by atoms with Gasteiger partial charge in [-0.25, -0.2) is 0 Å². The molecule has 2 aliphatic heterocycles. The minimum atomic E-state index is 0.703. The summed E-state index contributed by atoms with van der Waals surface area (Å²) in [5.74, 6) is 0. The van der Waals surface area contributed by atoms with Gasteiger partial charge in [0, 0.05) is 12.1 Å². The lowest BCUT2D eigenvalue weighted by atomic mass is 10.2. The third-order valence-corrected chi connectivity index (χ3v) is 2.12. The van der Waals surface area contributed by atoms with Crippen LogP contribution in [0.15, 0.2) is 0 Å². The Morgan fingerprint density at radius 1 is 1.57 bits per heavy atom. The van der Waals surface area contributed by atoms with E-state index in [9.17, 15) is 0 Å².